The molecule has 0 unspecified atom stereocenters. The number of carbonyl (C=O) groups is 3. The fourth-order valence-corrected chi connectivity index (χ4v) is 7.11. The van der Waals surface area contributed by atoms with Crippen molar-refractivity contribution in [3.8, 4) is 22.3 Å². The number of hydrogen-bond donors (Lipinski definition) is 3. The van der Waals surface area contributed by atoms with Crippen LogP contribution in [0.4, 0.5) is 15.4 Å². The maximum atomic E-state index is 13.0. The van der Waals surface area contributed by atoms with Crippen LogP contribution >= 0.6 is 11.3 Å². The Morgan fingerprint density at radius 3 is 2.46 bits per heavy atom. The molecule has 0 bridgehead atoms. The molecule has 3 N–H and O–H groups in total. The van der Waals surface area contributed by atoms with Gasteiger partial charge in [0.05, 0.1) is 12.1 Å². The number of carboxylic acid groups (broad SMARTS) is 1. The van der Waals surface area contributed by atoms with Gasteiger partial charge in [0.2, 0.25) is 5.91 Å². The quantitative estimate of drug-likeness (QED) is 0.284. The van der Waals surface area contributed by atoms with Crippen molar-refractivity contribution in [1.82, 2.24) is 15.2 Å². The number of cyclic esters (lactones) is 1. The highest BCUT2D eigenvalue weighted by Gasteiger charge is 2.40. The molecule has 9 nitrogen and oxygen atoms in total. The molecule has 2 aliphatic carbocycles. The van der Waals surface area contributed by atoms with Crippen LogP contribution in [0.25, 0.3) is 22.3 Å². The summed E-state index contributed by atoms with van der Waals surface area (Å²) in [6, 6.07) is 12.2. The van der Waals surface area contributed by atoms with Crippen molar-refractivity contribution < 1.29 is 24.2 Å². The van der Waals surface area contributed by atoms with E-state index in [0.717, 1.165) is 72.8 Å². The van der Waals surface area contributed by atoms with Gasteiger partial charge in [0.15, 0.2) is 0 Å². The van der Waals surface area contributed by atoms with Crippen LogP contribution in [-0.2, 0) is 15.1 Å². The van der Waals surface area contributed by atoms with E-state index in [1.54, 1.807) is 17.5 Å². The second-order valence-corrected chi connectivity index (χ2v) is 12.1. The molecule has 1 saturated heterocycles. The first-order valence-corrected chi connectivity index (χ1v) is 15.2. The normalized spacial score (nSPS) is 21.6. The predicted octanol–water partition coefficient (Wildman–Crippen LogP) is 6.46. The molecular formula is C31H34N4O5S. The SMILES string of the molecule is O=C(O)NC1(c2ccc(-c3cnc(NC(=O)CC4CCC(N5CCOC5=O)CC4)cc3-c3ccsc3)cc2)CCC1. The number of rotatable bonds is 8. The molecule has 1 aromatic carbocycles. The van der Waals surface area contributed by atoms with Crippen molar-refractivity contribution in [3.05, 3.63) is 58.9 Å². The molecule has 2 aromatic heterocycles. The van der Waals surface area contributed by atoms with Crippen LogP contribution in [0.1, 0.15) is 56.9 Å². The van der Waals surface area contributed by atoms with Crippen LogP contribution < -0.4 is 10.6 Å². The van der Waals surface area contributed by atoms with Gasteiger partial charge in [-0.3, -0.25) is 4.79 Å². The van der Waals surface area contributed by atoms with Crippen molar-refractivity contribution >= 4 is 35.2 Å². The first-order chi connectivity index (χ1) is 19.9. The summed E-state index contributed by atoms with van der Waals surface area (Å²) in [6.07, 6.45) is 7.22. The molecule has 0 atom stereocenters. The van der Waals surface area contributed by atoms with Gasteiger partial charge >= 0.3 is 12.2 Å². The lowest BCUT2D eigenvalue weighted by molar-refractivity contribution is -0.117. The first kappa shape index (κ1) is 27.3. The van der Waals surface area contributed by atoms with Gasteiger partial charge in [0.25, 0.3) is 0 Å². The molecule has 214 valence electrons. The lowest BCUT2D eigenvalue weighted by Crippen LogP contribution is -2.50. The predicted molar refractivity (Wildman–Crippen MR) is 157 cm³/mol. The third-order valence-corrected chi connectivity index (χ3v) is 9.51. The highest BCUT2D eigenvalue weighted by Crippen LogP contribution is 2.42. The van der Waals surface area contributed by atoms with E-state index in [-0.39, 0.29) is 24.0 Å². The maximum Gasteiger partial charge on any atom is 0.410 e. The van der Waals surface area contributed by atoms with Crippen molar-refractivity contribution in [2.45, 2.75) is 62.9 Å². The molecule has 0 spiro atoms. The number of benzene rings is 1. The zero-order valence-electron chi connectivity index (χ0n) is 22.8. The average molecular weight is 575 g/mol. The third kappa shape index (κ3) is 5.79. The van der Waals surface area contributed by atoms with Crippen LogP contribution in [0.3, 0.4) is 0 Å². The first-order valence-electron chi connectivity index (χ1n) is 14.3. The monoisotopic (exact) mass is 574 g/mol. The van der Waals surface area contributed by atoms with E-state index < -0.39 is 11.6 Å². The molecule has 10 heteroatoms. The third-order valence-electron chi connectivity index (χ3n) is 8.83. The summed E-state index contributed by atoms with van der Waals surface area (Å²) >= 11 is 1.61. The summed E-state index contributed by atoms with van der Waals surface area (Å²) in [5.41, 5.74) is 4.41. The molecule has 2 saturated carbocycles. The smallest absolute Gasteiger partial charge is 0.410 e. The summed E-state index contributed by atoms with van der Waals surface area (Å²) in [4.78, 5) is 42.7. The molecule has 0 radical (unpaired) electrons. The van der Waals surface area contributed by atoms with Gasteiger partial charge in [-0.15, -0.1) is 0 Å². The Morgan fingerprint density at radius 1 is 1.07 bits per heavy atom. The highest BCUT2D eigenvalue weighted by molar-refractivity contribution is 7.08. The number of nitrogens with one attached hydrogen (secondary N) is 2. The van der Waals surface area contributed by atoms with E-state index >= 15 is 0 Å². The van der Waals surface area contributed by atoms with E-state index in [0.29, 0.717) is 25.4 Å². The number of carbonyl (C=O) groups excluding carboxylic acids is 2. The van der Waals surface area contributed by atoms with Gasteiger partial charge in [0, 0.05) is 24.2 Å². The second kappa shape index (κ2) is 11.5. The van der Waals surface area contributed by atoms with Crippen LogP contribution in [-0.4, -0.2) is 52.3 Å². The lowest BCUT2D eigenvalue weighted by atomic mass is 9.71. The maximum absolute atomic E-state index is 13.0. The Kier molecular flexibility index (Phi) is 7.66. The van der Waals surface area contributed by atoms with Gasteiger partial charge < -0.3 is 25.4 Å². The number of amides is 3. The number of thiophene rings is 1. The highest BCUT2D eigenvalue weighted by atomic mass is 32.1. The van der Waals surface area contributed by atoms with Crippen LogP contribution in [0.15, 0.2) is 53.4 Å². The van der Waals surface area contributed by atoms with Crippen molar-refractivity contribution in [3.63, 3.8) is 0 Å². The minimum atomic E-state index is -1.00. The topological polar surface area (TPSA) is 121 Å². The van der Waals surface area contributed by atoms with Crippen molar-refractivity contribution in [2.24, 2.45) is 5.92 Å². The number of nitrogens with zero attached hydrogens (tertiary/aromatic N) is 2. The Labute approximate surface area is 242 Å². The molecule has 3 amide bonds. The number of ether oxygens (including phenoxy) is 1. The minimum absolute atomic E-state index is 0.0494. The molecular weight excluding hydrogens is 540 g/mol. The second-order valence-electron chi connectivity index (χ2n) is 11.3. The Hall–Kier alpha value is -3.92. The Balaban J connectivity index is 1.14. The van der Waals surface area contributed by atoms with Crippen LogP contribution in [0.5, 0.6) is 0 Å². The average Bonchev–Trinajstić information content (AvgIpc) is 3.64. The van der Waals surface area contributed by atoms with Crippen molar-refractivity contribution in [2.75, 3.05) is 18.5 Å². The van der Waals surface area contributed by atoms with Gasteiger partial charge in [-0.2, -0.15) is 11.3 Å². The minimum Gasteiger partial charge on any atom is -0.465 e. The van der Waals surface area contributed by atoms with E-state index in [4.69, 9.17) is 4.74 Å². The van der Waals surface area contributed by atoms with Crippen molar-refractivity contribution in [1.29, 1.82) is 0 Å². The summed E-state index contributed by atoms with van der Waals surface area (Å²) in [5, 5.41) is 19.2. The van der Waals surface area contributed by atoms with Gasteiger partial charge in [-0.25, -0.2) is 14.6 Å². The number of aromatic nitrogens is 1. The standard InChI is InChI=1S/C31H34N4O5S/c36-28(16-20-2-8-24(9-3-20)35-13-14-40-30(35)39)33-27-17-25(22-10-15-41-19-22)26(18-32-27)21-4-6-23(7-5-21)31(11-1-12-31)34-29(37)38/h4-7,10,15,17-20,24,34H,1-3,8-9,11-14,16H2,(H,37,38)(H,32,33,36). The summed E-state index contributed by atoms with van der Waals surface area (Å²) in [6.45, 7) is 1.13. The van der Waals surface area contributed by atoms with E-state index in [2.05, 4.69) is 27.1 Å². The molecule has 1 aliphatic heterocycles. The number of pyridine rings is 1. The molecule has 3 aromatic rings. The number of anilines is 1. The van der Waals surface area contributed by atoms with Gasteiger partial charge in [-0.05, 0) is 96.0 Å². The van der Waals surface area contributed by atoms with Crippen LogP contribution in [0, 0.1) is 5.92 Å². The van der Waals surface area contributed by atoms with Gasteiger partial charge in [-0.1, -0.05) is 24.3 Å². The molecule has 6 rings (SSSR count). The number of hydrogen-bond acceptors (Lipinski definition) is 6. The fourth-order valence-electron chi connectivity index (χ4n) is 6.45. The molecule has 3 fully saturated rings. The summed E-state index contributed by atoms with van der Waals surface area (Å²) < 4.78 is 5.08. The largest absolute Gasteiger partial charge is 0.465 e. The molecule has 3 aliphatic rings. The van der Waals surface area contributed by atoms with Crippen LogP contribution in [0.2, 0.25) is 0 Å². The molecule has 3 heterocycles. The summed E-state index contributed by atoms with van der Waals surface area (Å²) in [7, 11) is 0. The Morgan fingerprint density at radius 2 is 1.85 bits per heavy atom. The van der Waals surface area contributed by atoms with E-state index in [1.807, 2.05) is 40.6 Å². The fraction of sp³-hybridized carbons (Fsp3) is 0.419. The molecule has 41 heavy (non-hydrogen) atoms. The Bertz CT molecular complexity index is 1410. The van der Waals surface area contributed by atoms with E-state index in [1.165, 1.54) is 0 Å². The van der Waals surface area contributed by atoms with Gasteiger partial charge in [0.1, 0.15) is 12.4 Å². The zero-order valence-corrected chi connectivity index (χ0v) is 23.6. The zero-order chi connectivity index (χ0) is 28.4. The summed E-state index contributed by atoms with van der Waals surface area (Å²) in [5.74, 6) is 0.754. The lowest BCUT2D eigenvalue weighted by Gasteiger charge is -2.42. The van der Waals surface area contributed by atoms with E-state index in [9.17, 15) is 19.5 Å².